The van der Waals surface area contributed by atoms with Crippen LogP contribution in [0.15, 0.2) is 48.5 Å². The Hall–Kier alpha value is -3.19. The third-order valence-electron chi connectivity index (χ3n) is 6.02. The second kappa shape index (κ2) is 9.53. The van der Waals surface area contributed by atoms with Crippen LogP contribution in [0.3, 0.4) is 0 Å². The molecule has 0 saturated carbocycles. The van der Waals surface area contributed by atoms with Gasteiger partial charge in [-0.2, -0.15) is 5.10 Å². The molecule has 0 saturated heterocycles. The van der Waals surface area contributed by atoms with Gasteiger partial charge in [-0.25, -0.2) is 9.07 Å². The molecule has 0 radical (unpaired) electrons. The maximum absolute atomic E-state index is 13.4. The molecule has 1 unspecified atom stereocenters. The number of fused-ring (bicyclic) bond motifs is 1. The van der Waals surface area contributed by atoms with E-state index in [2.05, 4.69) is 15.3 Å². The SMILES string of the molecule is COc1cccc(C(CNC(=O)c2nn(-c3ccc(F)cc3)c3c2CCCC3)N(C)C)c1. The molecule has 6 nitrogen and oxygen atoms in total. The summed E-state index contributed by atoms with van der Waals surface area (Å²) in [5.74, 6) is 0.312. The largest absolute Gasteiger partial charge is 0.497 e. The van der Waals surface area contributed by atoms with Gasteiger partial charge in [0.15, 0.2) is 5.69 Å². The van der Waals surface area contributed by atoms with Crippen molar-refractivity contribution in [3.8, 4) is 11.4 Å². The lowest BCUT2D eigenvalue weighted by Gasteiger charge is -2.25. The number of rotatable bonds is 7. The third kappa shape index (κ3) is 4.53. The summed E-state index contributed by atoms with van der Waals surface area (Å²) in [5.41, 5.74) is 4.35. The zero-order valence-electron chi connectivity index (χ0n) is 18.8. The van der Waals surface area contributed by atoms with Crippen molar-refractivity contribution in [2.24, 2.45) is 0 Å². The van der Waals surface area contributed by atoms with E-state index in [4.69, 9.17) is 4.74 Å². The molecule has 0 spiro atoms. The molecule has 0 bridgehead atoms. The van der Waals surface area contributed by atoms with Crippen LogP contribution in [0.2, 0.25) is 0 Å². The molecule has 1 N–H and O–H groups in total. The van der Waals surface area contributed by atoms with Gasteiger partial charge in [0.2, 0.25) is 0 Å². The molecular weight excluding hydrogens is 407 g/mol. The number of benzene rings is 2. The maximum Gasteiger partial charge on any atom is 0.272 e. The normalized spacial score (nSPS) is 14.2. The molecule has 168 valence electrons. The predicted octanol–water partition coefficient (Wildman–Crippen LogP) is 3.93. The lowest BCUT2D eigenvalue weighted by molar-refractivity contribution is 0.0935. The highest BCUT2D eigenvalue weighted by atomic mass is 19.1. The van der Waals surface area contributed by atoms with Gasteiger partial charge in [-0.1, -0.05) is 12.1 Å². The molecule has 7 heteroatoms. The van der Waals surface area contributed by atoms with E-state index in [0.717, 1.165) is 53.9 Å². The zero-order chi connectivity index (χ0) is 22.7. The quantitative estimate of drug-likeness (QED) is 0.610. The number of carbonyl (C=O) groups excluding carboxylic acids is 1. The number of amides is 1. The van der Waals surface area contributed by atoms with E-state index in [1.807, 2.05) is 38.4 Å². The average Bonchev–Trinajstić information content (AvgIpc) is 3.19. The number of ether oxygens (including phenoxy) is 1. The van der Waals surface area contributed by atoms with E-state index >= 15 is 0 Å². The number of halogens is 1. The van der Waals surface area contributed by atoms with Crippen LogP contribution in [0.5, 0.6) is 5.75 Å². The number of hydrogen-bond donors (Lipinski definition) is 1. The monoisotopic (exact) mass is 436 g/mol. The Balaban J connectivity index is 1.58. The van der Waals surface area contributed by atoms with Gasteiger partial charge in [-0.15, -0.1) is 0 Å². The zero-order valence-corrected chi connectivity index (χ0v) is 18.8. The molecule has 2 aromatic carbocycles. The van der Waals surface area contributed by atoms with Gasteiger partial charge in [0.1, 0.15) is 11.6 Å². The summed E-state index contributed by atoms with van der Waals surface area (Å²) in [4.78, 5) is 15.3. The Bertz CT molecular complexity index is 1090. The van der Waals surface area contributed by atoms with Gasteiger partial charge in [0, 0.05) is 17.8 Å². The first-order valence-electron chi connectivity index (χ1n) is 10.9. The number of nitrogens with zero attached hydrogens (tertiary/aromatic N) is 3. The standard InChI is InChI=1S/C25H29FN4O2/c1-29(2)23(17-7-6-8-20(15-17)32-3)16-27-25(31)24-21-9-4-5-10-22(21)30(28-24)19-13-11-18(26)12-14-19/h6-8,11-15,23H,4-5,9-10,16H2,1-3H3,(H,27,31). The Morgan fingerprint density at radius 2 is 1.94 bits per heavy atom. The van der Waals surface area contributed by atoms with Crippen molar-refractivity contribution in [2.45, 2.75) is 31.7 Å². The van der Waals surface area contributed by atoms with Gasteiger partial charge in [-0.3, -0.25) is 4.79 Å². The van der Waals surface area contributed by atoms with Crippen molar-refractivity contribution in [1.82, 2.24) is 20.0 Å². The van der Waals surface area contributed by atoms with Gasteiger partial charge >= 0.3 is 0 Å². The Morgan fingerprint density at radius 3 is 2.66 bits per heavy atom. The van der Waals surface area contributed by atoms with Crippen molar-refractivity contribution < 1.29 is 13.9 Å². The molecule has 3 aromatic rings. The highest BCUT2D eigenvalue weighted by molar-refractivity contribution is 5.94. The fourth-order valence-corrected chi connectivity index (χ4v) is 4.30. The third-order valence-corrected chi connectivity index (χ3v) is 6.02. The van der Waals surface area contributed by atoms with Crippen LogP contribution < -0.4 is 10.1 Å². The molecule has 32 heavy (non-hydrogen) atoms. The molecule has 0 fully saturated rings. The first-order valence-corrected chi connectivity index (χ1v) is 10.9. The number of nitrogens with one attached hydrogen (secondary N) is 1. The van der Waals surface area contributed by atoms with Crippen LogP contribution in [0.4, 0.5) is 4.39 Å². The fourth-order valence-electron chi connectivity index (χ4n) is 4.30. The smallest absolute Gasteiger partial charge is 0.272 e. The topological polar surface area (TPSA) is 59.4 Å². The summed E-state index contributed by atoms with van der Waals surface area (Å²) in [7, 11) is 5.62. The van der Waals surface area contributed by atoms with Gasteiger partial charge in [-0.05, 0) is 81.7 Å². The van der Waals surface area contributed by atoms with Gasteiger partial charge in [0.25, 0.3) is 5.91 Å². The minimum atomic E-state index is -0.292. The van der Waals surface area contributed by atoms with Crippen LogP contribution in [-0.4, -0.2) is 48.3 Å². The molecule has 1 atom stereocenters. The Morgan fingerprint density at radius 1 is 1.19 bits per heavy atom. The Labute approximate surface area is 188 Å². The Kier molecular flexibility index (Phi) is 6.55. The summed E-state index contributed by atoms with van der Waals surface area (Å²) in [5, 5.41) is 7.75. The van der Waals surface area contributed by atoms with E-state index < -0.39 is 0 Å². The number of carbonyl (C=O) groups is 1. The van der Waals surface area contributed by atoms with E-state index in [1.165, 1.54) is 12.1 Å². The van der Waals surface area contributed by atoms with E-state index in [0.29, 0.717) is 12.2 Å². The summed E-state index contributed by atoms with van der Waals surface area (Å²) in [6.07, 6.45) is 3.77. The highest BCUT2D eigenvalue weighted by Crippen LogP contribution is 2.28. The van der Waals surface area contributed by atoms with Crippen LogP contribution in [0, 0.1) is 5.82 Å². The summed E-state index contributed by atoms with van der Waals surface area (Å²) < 4.78 is 20.6. The molecule has 0 aliphatic heterocycles. The molecule has 4 rings (SSSR count). The van der Waals surface area contributed by atoms with Crippen LogP contribution >= 0.6 is 0 Å². The van der Waals surface area contributed by atoms with Gasteiger partial charge in [0.05, 0.1) is 18.8 Å². The second-order valence-electron chi connectivity index (χ2n) is 8.34. The van der Waals surface area contributed by atoms with E-state index in [-0.39, 0.29) is 17.8 Å². The van der Waals surface area contributed by atoms with Crippen LogP contribution in [0.25, 0.3) is 5.69 Å². The van der Waals surface area contributed by atoms with E-state index in [9.17, 15) is 9.18 Å². The lowest BCUT2D eigenvalue weighted by Crippen LogP contribution is -2.35. The number of aromatic nitrogens is 2. The van der Waals surface area contributed by atoms with Crippen molar-refractivity contribution in [3.63, 3.8) is 0 Å². The molecule has 1 aliphatic rings. The molecule has 1 heterocycles. The number of methoxy groups -OCH3 is 1. The van der Waals surface area contributed by atoms with Crippen LogP contribution in [-0.2, 0) is 12.8 Å². The lowest BCUT2D eigenvalue weighted by atomic mass is 9.95. The molecule has 1 amide bonds. The predicted molar refractivity (Wildman–Crippen MR) is 122 cm³/mol. The van der Waals surface area contributed by atoms with Crippen molar-refractivity contribution in [3.05, 3.63) is 76.9 Å². The maximum atomic E-state index is 13.4. The van der Waals surface area contributed by atoms with E-state index in [1.54, 1.807) is 23.9 Å². The molecular formula is C25H29FN4O2. The van der Waals surface area contributed by atoms with Crippen molar-refractivity contribution in [2.75, 3.05) is 27.7 Å². The second-order valence-corrected chi connectivity index (χ2v) is 8.34. The average molecular weight is 437 g/mol. The summed E-state index contributed by atoms with van der Waals surface area (Å²) >= 11 is 0. The molecule has 1 aromatic heterocycles. The van der Waals surface area contributed by atoms with Crippen molar-refractivity contribution >= 4 is 5.91 Å². The fraction of sp³-hybridized carbons (Fsp3) is 0.360. The summed E-state index contributed by atoms with van der Waals surface area (Å²) in [6.45, 7) is 0.442. The number of likely N-dealkylation sites (N-methyl/N-ethyl adjacent to an activating group) is 1. The molecule has 1 aliphatic carbocycles. The summed E-state index contributed by atoms with van der Waals surface area (Å²) in [6, 6.07) is 14.1. The highest BCUT2D eigenvalue weighted by Gasteiger charge is 2.26. The van der Waals surface area contributed by atoms with Gasteiger partial charge < -0.3 is 15.0 Å². The first-order chi connectivity index (χ1) is 15.5. The first kappa shape index (κ1) is 22.0. The minimum absolute atomic E-state index is 0.0101. The van der Waals surface area contributed by atoms with Crippen molar-refractivity contribution in [1.29, 1.82) is 0 Å². The van der Waals surface area contributed by atoms with Crippen LogP contribution in [0.1, 0.15) is 46.2 Å². The minimum Gasteiger partial charge on any atom is -0.497 e. The number of hydrogen-bond acceptors (Lipinski definition) is 4.